The summed E-state index contributed by atoms with van der Waals surface area (Å²) in [5, 5.41) is 9.93. The maximum atomic E-state index is 12.8. The van der Waals surface area contributed by atoms with Crippen LogP contribution in [0.3, 0.4) is 0 Å². The van der Waals surface area contributed by atoms with Gasteiger partial charge in [-0.15, -0.1) is 0 Å². The Morgan fingerprint density at radius 2 is 1.89 bits per heavy atom. The summed E-state index contributed by atoms with van der Waals surface area (Å²) in [6.45, 7) is 1.85. The summed E-state index contributed by atoms with van der Waals surface area (Å²) in [4.78, 5) is 14.4. The Labute approximate surface area is 168 Å². The minimum Gasteiger partial charge on any atom is -0.335 e. The number of benzene rings is 2. The fourth-order valence-corrected chi connectivity index (χ4v) is 3.43. The van der Waals surface area contributed by atoms with Gasteiger partial charge in [0.15, 0.2) is 0 Å². The topological polar surface area (TPSA) is 98.3 Å². The Morgan fingerprint density at radius 1 is 1.21 bits per heavy atom. The van der Waals surface area contributed by atoms with Crippen LogP contribution in [0.5, 0.6) is 0 Å². The molecule has 0 saturated carbocycles. The van der Waals surface area contributed by atoms with Crippen molar-refractivity contribution in [1.82, 2.24) is 14.7 Å². The Kier molecular flexibility index (Phi) is 5.55. The highest BCUT2D eigenvalue weighted by Crippen LogP contribution is 2.22. The van der Waals surface area contributed by atoms with Crippen LogP contribution in [-0.2, 0) is 10.0 Å². The first-order valence-electron chi connectivity index (χ1n) is 8.37. The number of amides is 1. The van der Waals surface area contributed by atoms with Crippen molar-refractivity contribution < 1.29 is 13.2 Å². The average molecular weight is 419 g/mol. The molecule has 7 nitrogen and oxygen atoms in total. The van der Waals surface area contributed by atoms with Gasteiger partial charge in [0.1, 0.15) is 0 Å². The molecule has 3 aromatic rings. The second-order valence-corrected chi connectivity index (χ2v) is 8.36. The molecule has 2 aromatic carbocycles. The van der Waals surface area contributed by atoms with Crippen molar-refractivity contribution in [3.63, 3.8) is 0 Å². The summed E-state index contributed by atoms with van der Waals surface area (Å²) in [6.07, 6.45) is 3.14. The lowest BCUT2D eigenvalue weighted by atomic mass is 10.1. The van der Waals surface area contributed by atoms with E-state index in [-0.39, 0.29) is 16.8 Å². The summed E-state index contributed by atoms with van der Waals surface area (Å²) in [6, 6.07) is 13.0. The van der Waals surface area contributed by atoms with Gasteiger partial charge in [0.05, 0.1) is 28.4 Å². The van der Waals surface area contributed by atoms with Gasteiger partial charge in [-0.3, -0.25) is 4.79 Å². The monoisotopic (exact) mass is 418 g/mol. The molecule has 146 valence electrons. The first kappa shape index (κ1) is 20.1. The molecule has 1 heterocycles. The Bertz CT molecular complexity index is 1110. The van der Waals surface area contributed by atoms with Gasteiger partial charge in [0.25, 0.3) is 5.91 Å². The summed E-state index contributed by atoms with van der Waals surface area (Å²) >= 11 is 6.00. The van der Waals surface area contributed by atoms with E-state index in [1.165, 1.54) is 18.3 Å². The number of rotatable bonds is 5. The van der Waals surface area contributed by atoms with E-state index in [4.69, 9.17) is 16.7 Å². The number of carbonyl (C=O) groups is 1. The molecule has 0 aliphatic heterocycles. The largest absolute Gasteiger partial charge is 0.335 e. The van der Waals surface area contributed by atoms with Gasteiger partial charge in [-0.25, -0.2) is 18.2 Å². The normalized spacial score (nSPS) is 12.6. The highest BCUT2D eigenvalue weighted by Gasteiger charge is 2.21. The van der Waals surface area contributed by atoms with Crippen LogP contribution in [0.25, 0.3) is 5.69 Å². The second kappa shape index (κ2) is 7.75. The van der Waals surface area contributed by atoms with Gasteiger partial charge in [-0.05, 0) is 42.8 Å². The van der Waals surface area contributed by atoms with Crippen molar-refractivity contribution in [2.45, 2.75) is 17.9 Å². The van der Waals surface area contributed by atoms with E-state index in [0.29, 0.717) is 10.6 Å². The van der Waals surface area contributed by atoms with E-state index >= 15 is 0 Å². The summed E-state index contributed by atoms with van der Waals surface area (Å²) in [7, 11) is -2.07. The average Bonchev–Trinajstić information content (AvgIpc) is 3.16. The summed E-state index contributed by atoms with van der Waals surface area (Å²) in [5.41, 5.74) is 1.96. The van der Waals surface area contributed by atoms with Crippen molar-refractivity contribution in [1.29, 1.82) is 0 Å². The number of aromatic nitrogens is 2. The molecule has 9 heteroatoms. The SMILES string of the molecule is CC(c1ccc(S(N)(=O)=O)cc1)N(C)C(=O)c1cnn(-c2cccc(Cl)c2)c1. The number of nitrogens with two attached hydrogens (primary N) is 1. The predicted octanol–water partition coefficient (Wildman–Crippen LogP) is 3.01. The quantitative estimate of drug-likeness (QED) is 0.688. The third-order valence-electron chi connectivity index (χ3n) is 4.49. The first-order chi connectivity index (χ1) is 13.2. The highest BCUT2D eigenvalue weighted by molar-refractivity contribution is 7.89. The predicted molar refractivity (Wildman–Crippen MR) is 107 cm³/mol. The molecule has 0 bridgehead atoms. The fraction of sp³-hybridized carbons (Fsp3) is 0.158. The molecule has 1 unspecified atom stereocenters. The molecule has 0 saturated heterocycles. The van der Waals surface area contributed by atoms with Crippen LogP contribution < -0.4 is 5.14 Å². The van der Waals surface area contributed by atoms with Crippen molar-refractivity contribution in [2.75, 3.05) is 7.05 Å². The standard InChI is InChI=1S/C19H19ClN4O3S/c1-13(14-6-8-18(9-7-14)28(21,26)27)23(2)19(25)15-11-22-24(12-15)17-5-3-4-16(20)10-17/h3-13H,1-2H3,(H2,21,26,27). The third kappa shape index (κ3) is 4.24. The Balaban J connectivity index is 1.79. The minimum absolute atomic E-state index is 0.0280. The van der Waals surface area contributed by atoms with Gasteiger partial charge in [0, 0.05) is 18.3 Å². The molecule has 1 atom stereocenters. The lowest BCUT2D eigenvalue weighted by Crippen LogP contribution is -2.29. The molecule has 1 amide bonds. The van der Waals surface area contributed by atoms with Gasteiger partial charge in [-0.2, -0.15) is 5.10 Å². The molecule has 0 fully saturated rings. The van der Waals surface area contributed by atoms with Crippen molar-refractivity contribution in [3.05, 3.63) is 77.1 Å². The molecule has 3 rings (SSSR count). The number of hydrogen-bond acceptors (Lipinski definition) is 4. The molecule has 0 aliphatic rings. The molecule has 0 radical (unpaired) electrons. The lowest BCUT2D eigenvalue weighted by molar-refractivity contribution is 0.0742. The number of nitrogens with zero attached hydrogens (tertiary/aromatic N) is 3. The molecule has 2 N–H and O–H groups in total. The Hall–Kier alpha value is -2.68. The number of primary sulfonamides is 1. The van der Waals surface area contributed by atoms with Crippen LogP contribution in [0.15, 0.2) is 65.8 Å². The molecular weight excluding hydrogens is 400 g/mol. The maximum Gasteiger partial charge on any atom is 0.257 e. The maximum absolute atomic E-state index is 12.8. The van der Waals surface area contributed by atoms with Gasteiger partial charge in [0.2, 0.25) is 10.0 Å². The van der Waals surface area contributed by atoms with E-state index in [0.717, 1.165) is 11.3 Å². The van der Waals surface area contributed by atoms with E-state index in [9.17, 15) is 13.2 Å². The zero-order valence-electron chi connectivity index (χ0n) is 15.3. The number of carbonyl (C=O) groups excluding carboxylic acids is 1. The van der Waals surface area contributed by atoms with E-state index in [1.54, 1.807) is 53.2 Å². The highest BCUT2D eigenvalue weighted by atomic mass is 35.5. The third-order valence-corrected chi connectivity index (χ3v) is 5.66. The van der Waals surface area contributed by atoms with Crippen LogP contribution >= 0.6 is 11.6 Å². The van der Waals surface area contributed by atoms with Gasteiger partial charge in [-0.1, -0.05) is 29.8 Å². The van der Waals surface area contributed by atoms with Gasteiger partial charge < -0.3 is 4.90 Å². The smallest absolute Gasteiger partial charge is 0.257 e. The number of sulfonamides is 1. The van der Waals surface area contributed by atoms with Crippen molar-refractivity contribution in [3.8, 4) is 5.69 Å². The van der Waals surface area contributed by atoms with E-state index in [2.05, 4.69) is 5.10 Å². The number of halogens is 1. The van der Waals surface area contributed by atoms with E-state index in [1.807, 2.05) is 13.0 Å². The van der Waals surface area contributed by atoms with Crippen molar-refractivity contribution in [2.24, 2.45) is 5.14 Å². The molecule has 1 aromatic heterocycles. The zero-order valence-corrected chi connectivity index (χ0v) is 16.9. The Morgan fingerprint density at radius 3 is 2.50 bits per heavy atom. The zero-order chi connectivity index (χ0) is 20.5. The summed E-state index contributed by atoms with van der Waals surface area (Å²) < 4.78 is 24.3. The minimum atomic E-state index is -3.75. The first-order valence-corrected chi connectivity index (χ1v) is 10.3. The lowest BCUT2D eigenvalue weighted by Gasteiger charge is -2.25. The van der Waals surface area contributed by atoms with E-state index < -0.39 is 10.0 Å². The van der Waals surface area contributed by atoms with Crippen LogP contribution in [0, 0.1) is 0 Å². The summed E-state index contributed by atoms with van der Waals surface area (Å²) in [5.74, 6) is -0.212. The molecule has 0 spiro atoms. The van der Waals surface area contributed by atoms with Crippen LogP contribution in [0.1, 0.15) is 28.9 Å². The van der Waals surface area contributed by atoms with Crippen LogP contribution in [-0.4, -0.2) is 36.1 Å². The molecule has 28 heavy (non-hydrogen) atoms. The van der Waals surface area contributed by atoms with Gasteiger partial charge >= 0.3 is 0 Å². The second-order valence-electron chi connectivity index (χ2n) is 6.36. The van der Waals surface area contributed by atoms with Crippen molar-refractivity contribution >= 4 is 27.5 Å². The van der Waals surface area contributed by atoms with Crippen LogP contribution in [0.2, 0.25) is 5.02 Å². The number of hydrogen-bond donors (Lipinski definition) is 1. The molecular formula is C19H19ClN4O3S. The molecule has 0 aliphatic carbocycles. The fourth-order valence-electron chi connectivity index (χ4n) is 2.73. The van der Waals surface area contributed by atoms with Crippen LogP contribution in [0.4, 0.5) is 0 Å².